The van der Waals surface area contributed by atoms with Gasteiger partial charge in [0.2, 0.25) is 0 Å². The predicted octanol–water partition coefficient (Wildman–Crippen LogP) is 3.30. The van der Waals surface area contributed by atoms with Gasteiger partial charge in [-0.25, -0.2) is 0 Å². The molecule has 0 amide bonds. The normalized spacial score (nSPS) is 55.6. The molecule has 4 aliphatic carbocycles. The Hall–Kier alpha value is -0.380. The maximum atomic E-state index is 10.5. The molecule has 0 bridgehead atoms. The smallest absolute Gasteiger partial charge is 0.0855 e. The molecule has 0 aliphatic heterocycles. The van der Waals surface area contributed by atoms with Crippen LogP contribution in [0.5, 0.6) is 0 Å². The second-order valence-electron chi connectivity index (χ2n) is 9.15. The highest BCUT2D eigenvalue weighted by atomic mass is 16.5. The summed E-state index contributed by atoms with van der Waals surface area (Å²) in [6, 6.07) is 0. The maximum absolute atomic E-state index is 10.5. The Morgan fingerprint density at radius 1 is 1.13 bits per heavy atom. The highest BCUT2D eigenvalue weighted by Crippen LogP contribution is 2.64. The summed E-state index contributed by atoms with van der Waals surface area (Å²) in [5, 5.41) is 20.8. The first-order valence-corrected chi connectivity index (χ1v) is 9.48. The third kappa shape index (κ3) is 2.12. The van der Waals surface area contributed by atoms with Crippen LogP contribution < -0.4 is 0 Å². The molecule has 4 rings (SSSR count). The average molecular weight is 320 g/mol. The Balaban J connectivity index is 1.65. The zero-order valence-corrected chi connectivity index (χ0v) is 14.8. The minimum Gasteiger partial charge on any atom is -0.390 e. The van der Waals surface area contributed by atoms with Gasteiger partial charge in [0.15, 0.2) is 0 Å². The Morgan fingerprint density at radius 2 is 1.91 bits per heavy atom. The summed E-state index contributed by atoms with van der Waals surface area (Å²) in [6.07, 6.45) is 9.52. The van der Waals surface area contributed by atoms with E-state index in [4.69, 9.17) is 4.74 Å². The maximum Gasteiger partial charge on any atom is 0.0855 e. The summed E-state index contributed by atoms with van der Waals surface area (Å²) >= 11 is 0. The van der Waals surface area contributed by atoms with E-state index in [0.29, 0.717) is 23.4 Å². The van der Waals surface area contributed by atoms with E-state index in [-0.39, 0.29) is 5.41 Å². The van der Waals surface area contributed by atoms with E-state index in [1.807, 2.05) is 7.11 Å². The Kier molecular flexibility index (Phi) is 3.72. The lowest BCUT2D eigenvalue weighted by atomic mass is 9.48. The number of ether oxygens (including phenoxy) is 1. The molecule has 0 aromatic carbocycles. The molecule has 2 N–H and O–H groups in total. The van der Waals surface area contributed by atoms with Gasteiger partial charge in [-0.05, 0) is 73.5 Å². The third-order valence-corrected chi connectivity index (χ3v) is 8.37. The number of hydrogen-bond acceptors (Lipinski definition) is 3. The lowest BCUT2D eigenvalue weighted by Crippen LogP contribution is -2.51. The van der Waals surface area contributed by atoms with Gasteiger partial charge >= 0.3 is 0 Å². The van der Waals surface area contributed by atoms with Crippen LogP contribution in [0.4, 0.5) is 0 Å². The highest BCUT2D eigenvalue weighted by molar-refractivity contribution is 5.25. The van der Waals surface area contributed by atoms with Gasteiger partial charge in [0.25, 0.3) is 0 Å². The fourth-order valence-corrected chi connectivity index (χ4v) is 6.82. The van der Waals surface area contributed by atoms with E-state index in [1.54, 1.807) is 5.57 Å². The number of aliphatic hydroxyl groups is 2. The molecule has 0 aromatic rings. The fourth-order valence-electron chi connectivity index (χ4n) is 6.82. The largest absolute Gasteiger partial charge is 0.390 e. The quantitative estimate of drug-likeness (QED) is 0.729. The van der Waals surface area contributed by atoms with Gasteiger partial charge < -0.3 is 14.9 Å². The zero-order valence-electron chi connectivity index (χ0n) is 14.8. The molecule has 0 spiro atoms. The van der Waals surface area contributed by atoms with Crippen LogP contribution >= 0.6 is 0 Å². The van der Waals surface area contributed by atoms with Gasteiger partial charge in [0.1, 0.15) is 0 Å². The van der Waals surface area contributed by atoms with E-state index < -0.39 is 12.2 Å². The zero-order chi connectivity index (χ0) is 16.4. The predicted molar refractivity (Wildman–Crippen MR) is 89.9 cm³/mol. The first-order chi connectivity index (χ1) is 10.9. The molecular weight excluding hydrogens is 288 g/mol. The number of rotatable bonds is 1. The second kappa shape index (κ2) is 5.31. The summed E-state index contributed by atoms with van der Waals surface area (Å²) < 4.78 is 5.63. The van der Waals surface area contributed by atoms with Crippen molar-refractivity contribution in [3.8, 4) is 0 Å². The number of aliphatic hydroxyl groups excluding tert-OH is 2. The monoisotopic (exact) mass is 320 g/mol. The van der Waals surface area contributed by atoms with Crippen molar-refractivity contribution in [3.63, 3.8) is 0 Å². The van der Waals surface area contributed by atoms with Crippen molar-refractivity contribution in [2.45, 2.75) is 77.1 Å². The summed E-state index contributed by atoms with van der Waals surface area (Å²) in [7, 11) is 1.84. The van der Waals surface area contributed by atoms with Crippen LogP contribution in [0, 0.1) is 28.6 Å². The lowest BCUT2D eigenvalue weighted by molar-refractivity contribution is -0.0829. The van der Waals surface area contributed by atoms with Crippen molar-refractivity contribution in [2.75, 3.05) is 7.11 Å². The van der Waals surface area contributed by atoms with E-state index in [0.717, 1.165) is 31.6 Å². The number of methoxy groups -OCH3 is 1. The number of fused-ring (bicyclic) bond motifs is 5. The minimum absolute atomic E-state index is 0.0774. The molecule has 0 heterocycles. The van der Waals surface area contributed by atoms with Gasteiger partial charge in [-0.2, -0.15) is 0 Å². The summed E-state index contributed by atoms with van der Waals surface area (Å²) in [5.74, 6) is 1.82. The third-order valence-electron chi connectivity index (χ3n) is 8.37. The van der Waals surface area contributed by atoms with Crippen LogP contribution in [0.3, 0.4) is 0 Å². The molecule has 130 valence electrons. The number of hydrogen-bond donors (Lipinski definition) is 2. The van der Waals surface area contributed by atoms with Crippen molar-refractivity contribution in [2.24, 2.45) is 28.6 Å². The molecule has 0 unspecified atom stereocenters. The minimum atomic E-state index is -0.532. The van der Waals surface area contributed by atoms with E-state index in [2.05, 4.69) is 19.9 Å². The van der Waals surface area contributed by atoms with Crippen molar-refractivity contribution in [3.05, 3.63) is 11.6 Å². The van der Waals surface area contributed by atoms with Crippen LogP contribution in [-0.4, -0.2) is 35.6 Å². The molecule has 3 heteroatoms. The molecule has 4 aliphatic rings. The van der Waals surface area contributed by atoms with E-state index >= 15 is 0 Å². The van der Waals surface area contributed by atoms with Crippen LogP contribution in [0.25, 0.3) is 0 Å². The molecular formula is C20H32O3. The Labute approximate surface area is 140 Å². The molecule has 0 radical (unpaired) electrons. The van der Waals surface area contributed by atoms with Crippen molar-refractivity contribution >= 4 is 0 Å². The van der Waals surface area contributed by atoms with Gasteiger partial charge in [0, 0.05) is 7.11 Å². The Bertz CT molecular complexity index is 515. The molecule has 8 atom stereocenters. The lowest BCUT2D eigenvalue weighted by Gasteiger charge is -2.57. The standard InChI is InChI=1S/C20H32O3/c1-19-8-6-13(23-3)10-12(19)4-5-14-15(19)7-9-20(2)16(14)11-17(21)18(20)22/h4,13-18,21-22H,5-11H2,1-3H3/t13-,14+,15-,16-,17+,18-,19-,20-/m0/s1. The molecule has 0 aromatic heterocycles. The van der Waals surface area contributed by atoms with Gasteiger partial charge in [-0.1, -0.05) is 25.5 Å². The molecule has 3 nitrogen and oxygen atoms in total. The summed E-state index contributed by atoms with van der Waals surface area (Å²) in [5.41, 5.74) is 1.86. The van der Waals surface area contributed by atoms with Crippen molar-refractivity contribution in [1.29, 1.82) is 0 Å². The number of allylic oxidation sites excluding steroid dienone is 1. The molecule has 3 saturated carbocycles. The van der Waals surface area contributed by atoms with Crippen molar-refractivity contribution in [1.82, 2.24) is 0 Å². The molecule has 0 saturated heterocycles. The summed E-state index contributed by atoms with van der Waals surface area (Å²) in [4.78, 5) is 0. The molecule has 23 heavy (non-hydrogen) atoms. The average Bonchev–Trinajstić information content (AvgIpc) is 2.78. The second-order valence-corrected chi connectivity index (χ2v) is 9.15. The van der Waals surface area contributed by atoms with Crippen LogP contribution in [0.15, 0.2) is 11.6 Å². The van der Waals surface area contributed by atoms with Gasteiger partial charge in [0.05, 0.1) is 18.3 Å². The fraction of sp³-hybridized carbons (Fsp3) is 0.900. The van der Waals surface area contributed by atoms with E-state index in [1.165, 1.54) is 19.3 Å². The highest BCUT2D eigenvalue weighted by Gasteiger charge is 2.60. The molecule has 3 fully saturated rings. The SMILES string of the molecule is CO[C@H]1CC[C@@]2(C)C(=CC[C@H]3[C@@H]4C[C@@H](O)[C@H](O)[C@@]4(C)CC[C@@H]32)C1. The van der Waals surface area contributed by atoms with Gasteiger partial charge in [-0.3, -0.25) is 0 Å². The Morgan fingerprint density at radius 3 is 2.65 bits per heavy atom. The van der Waals surface area contributed by atoms with E-state index in [9.17, 15) is 10.2 Å². The van der Waals surface area contributed by atoms with Gasteiger partial charge in [-0.15, -0.1) is 0 Å². The first kappa shape index (κ1) is 16.1. The van der Waals surface area contributed by atoms with Crippen LogP contribution in [0.2, 0.25) is 0 Å². The van der Waals surface area contributed by atoms with Crippen LogP contribution in [0.1, 0.15) is 58.8 Å². The van der Waals surface area contributed by atoms with Crippen molar-refractivity contribution < 1.29 is 14.9 Å². The summed E-state index contributed by atoms with van der Waals surface area (Å²) in [6.45, 7) is 4.70. The topological polar surface area (TPSA) is 49.7 Å². The first-order valence-electron chi connectivity index (χ1n) is 9.48. The van der Waals surface area contributed by atoms with Crippen LogP contribution in [-0.2, 0) is 4.74 Å².